The largest absolute Gasteiger partial charge is 0.398 e. The summed E-state index contributed by atoms with van der Waals surface area (Å²) in [6.45, 7) is 8.36. The van der Waals surface area contributed by atoms with E-state index in [0.717, 1.165) is 23.2 Å². The summed E-state index contributed by atoms with van der Waals surface area (Å²) in [7, 11) is 0. The average molecular weight is 219 g/mol. The molecular weight excluding hydrogens is 202 g/mol. The van der Waals surface area contributed by atoms with Crippen molar-refractivity contribution in [2.75, 3.05) is 5.73 Å². The van der Waals surface area contributed by atoms with Crippen LogP contribution in [-0.2, 0) is 6.42 Å². The maximum atomic E-state index is 5.98. The number of aromatic nitrogens is 2. The minimum Gasteiger partial charge on any atom is -0.398 e. The number of nitrogen functional groups attached to an aromatic ring is 1. The predicted molar refractivity (Wildman–Crippen MR) is 64.1 cm³/mol. The van der Waals surface area contributed by atoms with E-state index in [9.17, 15) is 0 Å². The Kier molecular flexibility index (Phi) is 2.37. The van der Waals surface area contributed by atoms with Crippen LogP contribution in [-0.4, -0.2) is 10.1 Å². The molecule has 0 unspecified atom stereocenters. The molecule has 0 radical (unpaired) electrons. The lowest BCUT2D eigenvalue weighted by molar-refractivity contribution is 0.380. The van der Waals surface area contributed by atoms with E-state index in [2.05, 4.69) is 30.9 Å². The van der Waals surface area contributed by atoms with Crippen molar-refractivity contribution in [3.8, 4) is 0 Å². The molecular formula is C12H17N3O. The maximum absolute atomic E-state index is 5.98. The van der Waals surface area contributed by atoms with Crippen LogP contribution in [0.15, 0.2) is 10.6 Å². The predicted octanol–water partition coefficient (Wildman–Crippen LogP) is 2.70. The molecule has 2 N–H and O–H groups in total. The number of hydrogen-bond acceptors (Lipinski definition) is 4. The summed E-state index contributed by atoms with van der Waals surface area (Å²) in [5, 5.41) is 4.93. The van der Waals surface area contributed by atoms with Gasteiger partial charge < -0.3 is 10.3 Å². The molecule has 2 heterocycles. The van der Waals surface area contributed by atoms with Crippen molar-refractivity contribution >= 4 is 16.8 Å². The molecule has 86 valence electrons. The summed E-state index contributed by atoms with van der Waals surface area (Å²) in [5.41, 5.74) is 9.12. The van der Waals surface area contributed by atoms with Crippen LogP contribution in [0.25, 0.3) is 11.1 Å². The first-order valence-electron chi connectivity index (χ1n) is 5.38. The van der Waals surface area contributed by atoms with E-state index in [1.165, 1.54) is 0 Å². The van der Waals surface area contributed by atoms with Crippen LogP contribution in [0.4, 0.5) is 5.69 Å². The smallest absolute Gasteiger partial charge is 0.260 e. The highest BCUT2D eigenvalue weighted by atomic mass is 16.5. The van der Waals surface area contributed by atoms with Gasteiger partial charge in [0, 0.05) is 11.4 Å². The van der Waals surface area contributed by atoms with E-state index in [1.54, 1.807) is 0 Å². The van der Waals surface area contributed by atoms with Crippen LogP contribution in [0.1, 0.15) is 32.2 Å². The first kappa shape index (κ1) is 10.9. The van der Waals surface area contributed by atoms with Crippen molar-refractivity contribution in [1.29, 1.82) is 0 Å². The molecule has 0 atom stereocenters. The Labute approximate surface area is 94.8 Å². The van der Waals surface area contributed by atoms with Crippen LogP contribution in [0.2, 0.25) is 0 Å². The van der Waals surface area contributed by atoms with Gasteiger partial charge >= 0.3 is 0 Å². The molecule has 0 saturated heterocycles. The SMILES string of the molecule is Cc1cc(N)c2c(CC(C)(C)C)noc2n1. The van der Waals surface area contributed by atoms with E-state index in [4.69, 9.17) is 10.3 Å². The minimum absolute atomic E-state index is 0.154. The Morgan fingerprint density at radius 3 is 2.69 bits per heavy atom. The number of fused-ring (bicyclic) bond motifs is 1. The van der Waals surface area contributed by atoms with Gasteiger partial charge in [0.15, 0.2) is 0 Å². The van der Waals surface area contributed by atoms with Gasteiger partial charge in [-0.15, -0.1) is 0 Å². The molecule has 0 saturated carbocycles. The molecule has 0 bridgehead atoms. The standard InChI is InChI=1S/C12H17N3O/c1-7-5-8(13)10-9(6-12(2,3)4)15-16-11(10)14-7/h5H,6H2,1-4H3,(H2,13,14). The van der Waals surface area contributed by atoms with Gasteiger partial charge in [-0.05, 0) is 24.8 Å². The Bertz CT molecular complexity index is 523. The Morgan fingerprint density at radius 1 is 1.38 bits per heavy atom. The van der Waals surface area contributed by atoms with Gasteiger partial charge in [0.2, 0.25) is 0 Å². The van der Waals surface area contributed by atoms with Crippen molar-refractivity contribution in [2.24, 2.45) is 5.41 Å². The number of aryl methyl sites for hydroxylation is 1. The highest BCUT2D eigenvalue weighted by Crippen LogP contribution is 2.29. The van der Waals surface area contributed by atoms with E-state index in [0.29, 0.717) is 11.4 Å². The fourth-order valence-corrected chi connectivity index (χ4v) is 1.79. The molecule has 0 amide bonds. The zero-order valence-corrected chi connectivity index (χ0v) is 10.2. The summed E-state index contributed by atoms with van der Waals surface area (Å²) in [4.78, 5) is 4.28. The van der Waals surface area contributed by atoms with Gasteiger partial charge in [0.05, 0.1) is 11.1 Å². The molecule has 0 aliphatic carbocycles. The number of anilines is 1. The van der Waals surface area contributed by atoms with E-state index in [1.807, 2.05) is 13.0 Å². The summed E-state index contributed by atoms with van der Waals surface area (Å²) in [6, 6.07) is 1.85. The first-order valence-corrected chi connectivity index (χ1v) is 5.38. The summed E-state index contributed by atoms with van der Waals surface area (Å²) < 4.78 is 5.22. The van der Waals surface area contributed by atoms with Gasteiger partial charge in [-0.3, -0.25) is 0 Å². The zero-order chi connectivity index (χ0) is 11.9. The normalized spacial score (nSPS) is 12.2. The topological polar surface area (TPSA) is 64.9 Å². The molecule has 2 aromatic heterocycles. The monoisotopic (exact) mass is 219 g/mol. The number of rotatable bonds is 1. The molecule has 0 aliphatic heterocycles. The highest BCUT2D eigenvalue weighted by molar-refractivity contribution is 5.89. The number of nitrogens with zero attached hydrogens (tertiary/aromatic N) is 2. The summed E-state index contributed by atoms with van der Waals surface area (Å²) >= 11 is 0. The molecule has 0 spiro atoms. The van der Waals surface area contributed by atoms with Crippen LogP contribution in [0.5, 0.6) is 0 Å². The van der Waals surface area contributed by atoms with Crippen molar-refractivity contribution < 1.29 is 4.52 Å². The van der Waals surface area contributed by atoms with Crippen LogP contribution >= 0.6 is 0 Å². The van der Waals surface area contributed by atoms with E-state index >= 15 is 0 Å². The van der Waals surface area contributed by atoms with Crippen LogP contribution < -0.4 is 5.73 Å². The molecule has 0 fully saturated rings. The van der Waals surface area contributed by atoms with E-state index < -0.39 is 0 Å². The molecule has 4 nitrogen and oxygen atoms in total. The van der Waals surface area contributed by atoms with Gasteiger partial charge in [-0.2, -0.15) is 0 Å². The van der Waals surface area contributed by atoms with Gasteiger partial charge in [-0.25, -0.2) is 4.98 Å². The zero-order valence-electron chi connectivity index (χ0n) is 10.2. The molecule has 2 aromatic rings. The third-order valence-electron chi connectivity index (χ3n) is 2.37. The van der Waals surface area contributed by atoms with Crippen molar-refractivity contribution in [3.05, 3.63) is 17.5 Å². The van der Waals surface area contributed by atoms with Gasteiger partial charge in [-0.1, -0.05) is 25.9 Å². The van der Waals surface area contributed by atoms with Crippen molar-refractivity contribution in [2.45, 2.75) is 34.1 Å². The second-order valence-electron chi connectivity index (χ2n) is 5.40. The van der Waals surface area contributed by atoms with Crippen LogP contribution in [0.3, 0.4) is 0 Å². The van der Waals surface area contributed by atoms with E-state index in [-0.39, 0.29) is 5.41 Å². The Balaban J connectivity index is 2.56. The third kappa shape index (κ3) is 2.01. The summed E-state index contributed by atoms with van der Waals surface area (Å²) in [5.74, 6) is 0. The highest BCUT2D eigenvalue weighted by Gasteiger charge is 2.19. The lowest BCUT2D eigenvalue weighted by atomic mass is 9.89. The number of nitrogens with two attached hydrogens (primary N) is 1. The Hall–Kier alpha value is -1.58. The lowest BCUT2D eigenvalue weighted by Gasteiger charge is -2.15. The fourth-order valence-electron chi connectivity index (χ4n) is 1.79. The number of pyridine rings is 1. The molecule has 2 rings (SSSR count). The molecule has 4 heteroatoms. The molecule has 16 heavy (non-hydrogen) atoms. The van der Waals surface area contributed by atoms with Crippen LogP contribution in [0, 0.1) is 12.3 Å². The van der Waals surface area contributed by atoms with Crippen molar-refractivity contribution in [3.63, 3.8) is 0 Å². The van der Waals surface area contributed by atoms with Gasteiger partial charge in [0.25, 0.3) is 5.71 Å². The first-order chi connectivity index (χ1) is 7.37. The summed E-state index contributed by atoms with van der Waals surface area (Å²) in [6.07, 6.45) is 0.828. The average Bonchev–Trinajstić information content (AvgIpc) is 2.44. The lowest BCUT2D eigenvalue weighted by Crippen LogP contribution is -2.10. The molecule has 0 aliphatic rings. The second-order valence-corrected chi connectivity index (χ2v) is 5.40. The fraction of sp³-hybridized carbons (Fsp3) is 0.500. The van der Waals surface area contributed by atoms with Crippen molar-refractivity contribution in [1.82, 2.24) is 10.1 Å². The second kappa shape index (κ2) is 3.47. The molecule has 0 aromatic carbocycles. The Morgan fingerprint density at radius 2 is 2.06 bits per heavy atom. The maximum Gasteiger partial charge on any atom is 0.260 e. The van der Waals surface area contributed by atoms with Gasteiger partial charge in [0.1, 0.15) is 0 Å². The third-order valence-corrected chi connectivity index (χ3v) is 2.37. The quantitative estimate of drug-likeness (QED) is 0.800. The minimum atomic E-state index is 0.154. The number of hydrogen-bond donors (Lipinski definition) is 1.